The number of Topliss-reactive ketones (excluding diaryl/α,β-unsaturated/α-hetero) is 2. The number of carbonyl (C=O) groups is 2. The molecule has 0 amide bonds. The van der Waals surface area contributed by atoms with Crippen LogP contribution in [0.5, 0.6) is 0 Å². The second-order valence-corrected chi connectivity index (χ2v) is 6.43. The molecule has 0 spiro atoms. The smallest absolute Gasteiger partial charge is 0.154 e. The van der Waals surface area contributed by atoms with Crippen LogP contribution in [0.3, 0.4) is 0 Å². The highest BCUT2D eigenvalue weighted by Gasteiger charge is 2.28. The fourth-order valence-corrected chi connectivity index (χ4v) is 1.35. The van der Waals surface area contributed by atoms with E-state index in [1.165, 1.54) is 0 Å². The Labute approximate surface area is 98.8 Å². The molecule has 0 aliphatic rings. The van der Waals surface area contributed by atoms with Gasteiger partial charge in [0.2, 0.25) is 0 Å². The van der Waals surface area contributed by atoms with Crippen LogP contribution in [-0.4, -0.2) is 17.6 Å². The predicted molar refractivity (Wildman–Crippen MR) is 66.1 cm³/mol. The fraction of sp³-hybridized carbons (Fsp3) is 0.846. The second kappa shape index (κ2) is 5.09. The molecular weight excluding hydrogens is 202 g/mol. The SMILES string of the molecule is CC(C)(C)C(=O)CCC(N)C(=O)C(C)(C)C. The Morgan fingerprint density at radius 2 is 1.44 bits per heavy atom. The fourth-order valence-electron chi connectivity index (χ4n) is 1.35. The van der Waals surface area contributed by atoms with Gasteiger partial charge >= 0.3 is 0 Å². The first-order valence-electron chi connectivity index (χ1n) is 5.79. The first kappa shape index (κ1) is 15.3. The van der Waals surface area contributed by atoms with Gasteiger partial charge in [0.1, 0.15) is 5.78 Å². The van der Waals surface area contributed by atoms with Gasteiger partial charge in [-0.1, -0.05) is 41.5 Å². The predicted octanol–water partition coefficient (Wildman–Crippen LogP) is 2.32. The summed E-state index contributed by atoms with van der Waals surface area (Å²) >= 11 is 0. The summed E-state index contributed by atoms with van der Waals surface area (Å²) in [5, 5.41) is 0. The lowest BCUT2D eigenvalue weighted by Crippen LogP contribution is -2.39. The number of hydrogen-bond acceptors (Lipinski definition) is 3. The van der Waals surface area contributed by atoms with Crippen LogP contribution >= 0.6 is 0 Å². The summed E-state index contributed by atoms with van der Waals surface area (Å²) in [4.78, 5) is 23.5. The van der Waals surface area contributed by atoms with E-state index in [4.69, 9.17) is 5.73 Å². The Kier molecular flexibility index (Phi) is 4.86. The molecule has 0 heterocycles. The normalized spacial score (nSPS) is 14.7. The molecule has 1 unspecified atom stereocenters. The van der Waals surface area contributed by atoms with E-state index in [-0.39, 0.29) is 17.0 Å². The highest BCUT2D eigenvalue weighted by atomic mass is 16.1. The van der Waals surface area contributed by atoms with Crippen molar-refractivity contribution in [3.8, 4) is 0 Å². The van der Waals surface area contributed by atoms with E-state index in [9.17, 15) is 9.59 Å². The van der Waals surface area contributed by atoms with Gasteiger partial charge in [0, 0.05) is 17.3 Å². The molecular formula is C13H25NO2. The van der Waals surface area contributed by atoms with Crippen molar-refractivity contribution in [3.63, 3.8) is 0 Å². The molecule has 0 aromatic carbocycles. The number of ketones is 2. The van der Waals surface area contributed by atoms with E-state index in [0.29, 0.717) is 12.8 Å². The van der Waals surface area contributed by atoms with Crippen molar-refractivity contribution in [1.82, 2.24) is 0 Å². The summed E-state index contributed by atoms with van der Waals surface area (Å²) in [7, 11) is 0. The number of hydrogen-bond donors (Lipinski definition) is 1. The molecule has 0 bridgehead atoms. The summed E-state index contributed by atoms with van der Waals surface area (Å²) in [5.41, 5.74) is 5.02. The Morgan fingerprint density at radius 3 is 1.75 bits per heavy atom. The van der Waals surface area contributed by atoms with Gasteiger partial charge in [-0.3, -0.25) is 9.59 Å². The Bertz CT molecular complexity index is 269. The highest BCUT2D eigenvalue weighted by Crippen LogP contribution is 2.21. The van der Waals surface area contributed by atoms with Crippen molar-refractivity contribution < 1.29 is 9.59 Å². The van der Waals surface area contributed by atoms with Crippen LogP contribution in [0.15, 0.2) is 0 Å². The van der Waals surface area contributed by atoms with Crippen molar-refractivity contribution in [2.75, 3.05) is 0 Å². The summed E-state index contributed by atoms with van der Waals surface area (Å²) < 4.78 is 0. The van der Waals surface area contributed by atoms with Gasteiger partial charge in [-0.15, -0.1) is 0 Å². The van der Waals surface area contributed by atoms with E-state index in [0.717, 1.165) is 0 Å². The van der Waals surface area contributed by atoms with Crippen molar-refractivity contribution in [2.45, 2.75) is 60.4 Å². The van der Waals surface area contributed by atoms with Gasteiger partial charge in [-0.25, -0.2) is 0 Å². The molecule has 0 radical (unpaired) electrons. The van der Waals surface area contributed by atoms with Crippen LogP contribution in [0.1, 0.15) is 54.4 Å². The van der Waals surface area contributed by atoms with E-state index >= 15 is 0 Å². The summed E-state index contributed by atoms with van der Waals surface area (Å²) in [5.74, 6) is 0.180. The quantitative estimate of drug-likeness (QED) is 0.801. The standard InChI is InChI=1S/C13H25NO2/c1-12(2,3)10(15)8-7-9(14)11(16)13(4,5)6/h9H,7-8,14H2,1-6H3. The van der Waals surface area contributed by atoms with Crippen LogP contribution in [0.4, 0.5) is 0 Å². The maximum Gasteiger partial charge on any atom is 0.154 e. The maximum atomic E-state index is 11.8. The van der Waals surface area contributed by atoms with Crippen LogP contribution in [0.2, 0.25) is 0 Å². The van der Waals surface area contributed by atoms with E-state index < -0.39 is 11.5 Å². The van der Waals surface area contributed by atoms with Gasteiger partial charge in [-0.05, 0) is 6.42 Å². The van der Waals surface area contributed by atoms with Crippen molar-refractivity contribution in [1.29, 1.82) is 0 Å². The Hall–Kier alpha value is -0.700. The van der Waals surface area contributed by atoms with Crippen LogP contribution in [0, 0.1) is 10.8 Å². The topological polar surface area (TPSA) is 60.2 Å². The van der Waals surface area contributed by atoms with Gasteiger partial charge < -0.3 is 5.73 Å². The third-order valence-corrected chi connectivity index (χ3v) is 2.59. The lowest BCUT2D eigenvalue weighted by molar-refractivity contribution is -0.129. The monoisotopic (exact) mass is 227 g/mol. The average molecular weight is 227 g/mol. The molecule has 94 valence electrons. The number of nitrogens with two attached hydrogens (primary N) is 1. The van der Waals surface area contributed by atoms with Crippen molar-refractivity contribution in [3.05, 3.63) is 0 Å². The number of rotatable bonds is 4. The minimum absolute atomic E-state index is 0.0224. The molecule has 0 aromatic rings. The highest BCUT2D eigenvalue weighted by molar-refractivity contribution is 5.89. The zero-order chi connectivity index (χ0) is 13.1. The maximum absolute atomic E-state index is 11.8. The summed E-state index contributed by atoms with van der Waals surface area (Å²) in [6.45, 7) is 11.2. The molecule has 0 saturated heterocycles. The minimum atomic E-state index is -0.522. The van der Waals surface area contributed by atoms with Crippen LogP contribution in [0.25, 0.3) is 0 Å². The molecule has 16 heavy (non-hydrogen) atoms. The molecule has 0 saturated carbocycles. The zero-order valence-electron chi connectivity index (χ0n) is 11.4. The molecule has 1 atom stereocenters. The van der Waals surface area contributed by atoms with E-state index in [1.807, 2.05) is 41.5 Å². The largest absolute Gasteiger partial charge is 0.321 e. The van der Waals surface area contributed by atoms with Gasteiger partial charge in [0.15, 0.2) is 5.78 Å². The van der Waals surface area contributed by atoms with Gasteiger partial charge in [0.25, 0.3) is 0 Å². The second-order valence-electron chi connectivity index (χ2n) is 6.43. The molecule has 2 N–H and O–H groups in total. The van der Waals surface area contributed by atoms with Crippen molar-refractivity contribution >= 4 is 11.6 Å². The van der Waals surface area contributed by atoms with Crippen molar-refractivity contribution in [2.24, 2.45) is 16.6 Å². The zero-order valence-corrected chi connectivity index (χ0v) is 11.4. The lowest BCUT2D eigenvalue weighted by atomic mass is 9.83. The molecule has 0 aromatic heterocycles. The minimum Gasteiger partial charge on any atom is -0.321 e. The Balaban J connectivity index is 4.25. The Morgan fingerprint density at radius 1 is 1.00 bits per heavy atom. The third kappa shape index (κ3) is 4.88. The van der Waals surface area contributed by atoms with Gasteiger partial charge in [0.05, 0.1) is 6.04 Å². The van der Waals surface area contributed by atoms with Crippen LogP contribution in [-0.2, 0) is 9.59 Å². The van der Waals surface area contributed by atoms with Gasteiger partial charge in [-0.2, -0.15) is 0 Å². The third-order valence-electron chi connectivity index (χ3n) is 2.59. The lowest BCUT2D eigenvalue weighted by Gasteiger charge is -2.23. The summed E-state index contributed by atoms with van der Waals surface area (Å²) in [6.07, 6.45) is 0.832. The molecule has 3 nitrogen and oxygen atoms in total. The molecule has 0 rings (SSSR count). The average Bonchev–Trinajstić information content (AvgIpc) is 2.09. The van der Waals surface area contributed by atoms with E-state index in [1.54, 1.807) is 0 Å². The molecule has 0 fully saturated rings. The summed E-state index contributed by atoms with van der Waals surface area (Å²) in [6, 6.07) is -0.522. The molecule has 3 heteroatoms. The molecule has 0 aliphatic heterocycles. The first-order chi connectivity index (χ1) is 6.96. The van der Waals surface area contributed by atoms with Crippen LogP contribution < -0.4 is 5.73 Å². The van der Waals surface area contributed by atoms with E-state index in [2.05, 4.69) is 0 Å². The molecule has 0 aliphatic carbocycles. The first-order valence-corrected chi connectivity index (χ1v) is 5.79. The number of carbonyl (C=O) groups excluding carboxylic acids is 2.